The zero-order valence-corrected chi connectivity index (χ0v) is 16.1. The fourth-order valence-corrected chi connectivity index (χ4v) is 3.09. The Morgan fingerprint density at radius 1 is 1.21 bits per heavy atom. The minimum Gasteiger partial charge on any atom is -0.469 e. The van der Waals surface area contributed by atoms with Gasteiger partial charge >= 0.3 is 5.97 Å². The molecule has 2 aromatic heterocycles. The first-order chi connectivity index (χ1) is 13.6. The zero-order valence-electron chi connectivity index (χ0n) is 16.1. The second-order valence-electron chi connectivity index (χ2n) is 6.52. The van der Waals surface area contributed by atoms with Gasteiger partial charge in [0, 0.05) is 31.4 Å². The topological polar surface area (TPSA) is 86.1 Å². The SMILES string of the molecule is COC(=O)CCn1c(C(C)NCCc2ccccn2)nc2ccccc2c1=O. The Labute approximate surface area is 163 Å². The quantitative estimate of drug-likeness (QED) is 0.603. The molecule has 1 aromatic carbocycles. The number of hydrogen-bond donors (Lipinski definition) is 1. The van der Waals surface area contributed by atoms with Crippen LogP contribution in [0.4, 0.5) is 0 Å². The lowest BCUT2D eigenvalue weighted by molar-refractivity contribution is -0.140. The Balaban J connectivity index is 1.84. The van der Waals surface area contributed by atoms with Crippen LogP contribution in [0.25, 0.3) is 10.9 Å². The lowest BCUT2D eigenvalue weighted by Crippen LogP contribution is -2.32. The summed E-state index contributed by atoms with van der Waals surface area (Å²) in [6, 6.07) is 12.9. The highest BCUT2D eigenvalue weighted by Crippen LogP contribution is 2.14. The summed E-state index contributed by atoms with van der Waals surface area (Å²) in [6.07, 6.45) is 2.66. The number of fused-ring (bicyclic) bond motifs is 1. The molecule has 0 fully saturated rings. The van der Waals surface area contributed by atoms with E-state index in [0.29, 0.717) is 23.3 Å². The number of nitrogens with one attached hydrogen (secondary N) is 1. The summed E-state index contributed by atoms with van der Waals surface area (Å²) in [4.78, 5) is 33.6. The maximum absolute atomic E-state index is 13.0. The largest absolute Gasteiger partial charge is 0.469 e. The first-order valence-corrected chi connectivity index (χ1v) is 9.29. The van der Waals surface area contributed by atoms with Crippen LogP contribution in [0.2, 0.25) is 0 Å². The Bertz CT molecular complexity index is 1000. The number of esters is 1. The van der Waals surface area contributed by atoms with E-state index in [4.69, 9.17) is 9.72 Å². The number of pyridine rings is 1. The fourth-order valence-electron chi connectivity index (χ4n) is 3.09. The molecule has 3 rings (SSSR count). The van der Waals surface area contributed by atoms with Crippen LogP contribution < -0.4 is 10.9 Å². The van der Waals surface area contributed by atoms with Gasteiger partial charge in [-0.15, -0.1) is 0 Å². The third-order valence-corrected chi connectivity index (χ3v) is 4.60. The van der Waals surface area contributed by atoms with Gasteiger partial charge in [-0.1, -0.05) is 18.2 Å². The first kappa shape index (κ1) is 19.7. The maximum Gasteiger partial charge on any atom is 0.307 e. The number of carbonyl (C=O) groups excluding carboxylic acids is 1. The molecule has 7 heteroatoms. The summed E-state index contributed by atoms with van der Waals surface area (Å²) in [5, 5.41) is 3.94. The van der Waals surface area contributed by atoms with Crippen LogP contribution in [0.15, 0.2) is 53.5 Å². The molecule has 28 heavy (non-hydrogen) atoms. The molecule has 0 radical (unpaired) electrons. The van der Waals surface area contributed by atoms with Crippen LogP contribution in [-0.2, 0) is 22.5 Å². The Hall–Kier alpha value is -3.06. The van der Waals surface area contributed by atoms with Crippen LogP contribution in [0.1, 0.15) is 30.9 Å². The van der Waals surface area contributed by atoms with E-state index in [-0.39, 0.29) is 30.5 Å². The number of carbonyl (C=O) groups is 1. The maximum atomic E-state index is 13.0. The Morgan fingerprint density at radius 3 is 2.75 bits per heavy atom. The number of ether oxygens (including phenoxy) is 1. The highest BCUT2D eigenvalue weighted by molar-refractivity contribution is 5.77. The van der Waals surface area contributed by atoms with Gasteiger partial charge in [0.05, 0.1) is 30.5 Å². The summed E-state index contributed by atoms with van der Waals surface area (Å²) >= 11 is 0. The summed E-state index contributed by atoms with van der Waals surface area (Å²) in [7, 11) is 1.34. The van der Waals surface area contributed by atoms with Crippen molar-refractivity contribution in [2.75, 3.05) is 13.7 Å². The molecule has 7 nitrogen and oxygen atoms in total. The molecule has 0 bridgehead atoms. The van der Waals surface area contributed by atoms with Crippen molar-refractivity contribution in [3.8, 4) is 0 Å². The number of benzene rings is 1. The van der Waals surface area contributed by atoms with Gasteiger partial charge in [0.1, 0.15) is 5.82 Å². The molecule has 1 atom stereocenters. The van der Waals surface area contributed by atoms with E-state index in [2.05, 4.69) is 10.3 Å². The zero-order chi connectivity index (χ0) is 19.9. The van der Waals surface area contributed by atoms with Crippen molar-refractivity contribution < 1.29 is 9.53 Å². The molecule has 146 valence electrons. The summed E-state index contributed by atoms with van der Waals surface area (Å²) < 4.78 is 6.28. The lowest BCUT2D eigenvalue weighted by Gasteiger charge is -2.19. The summed E-state index contributed by atoms with van der Waals surface area (Å²) in [6.45, 7) is 2.88. The van der Waals surface area contributed by atoms with Gasteiger partial charge in [0.15, 0.2) is 0 Å². The van der Waals surface area contributed by atoms with E-state index in [9.17, 15) is 9.59 Å². The molecule has 0 aliphatic rings. The molecule has 0 spiro atoms. The third kappa shape index (κ3) is 4.61. The van der Waals surface area contributed by atoms with E-state index < -0.39 is 0 Å². The molecule has 0 saturated carbocycles. The third-order valence-electron chi connectivity index (χ3n) is 4.60. The van der Waals surface area contributed by atoms with Gasteiger partial charge in [-0.3, -0.25) is 19.1 Å². The van der Waals surface area contributed by atoms with E-state index in [1.807, 2.05) is 43.3 Å². The molecule has 1 unspecified atom stereocenters. The van der Waals surface area contributed by atoms with E-state index in [0.717, 1.165) is 12.1 Å². The number of nitrogens with zero attached hydrogens (tertiary/aromatic N) is 3. The predicted molar refractivity (Wildman–Crippen MR) is 107 cm³/mol. The van der Waals surface area contributed by atoms with Gasteiger partial charge in [-0.2, -0.15) is 0 Å². The molecule has 3 aromatic rings. The summed E-state index contributed by atoms with van der Waals surface area (Å²) in [5.74, 6) is 0.246. The minimum absolute atomic E-state index is 0.115. The minimum atomic E-state index is -0.359. The number of hydrogen-bond acceptors (Lipinski definition) is 6. The van der Waals surface area contributed by atoms with Gasteiger partial charge in [0.2, 0.25) is 0 Å². The second-order valence-corrected chi connectivity index (χ2v) is 6.52. The van der Waals surface area contributed by atoms with Crippen LogP contribution in [0, 0.1) is 0 Å². The van der Waals surface area contributed by atoms with E-state index in [1.54, 1.807) is 16.8 Å². The number of rotatable bonds is 8. The fraction of sp³-hybridized carbons (Fsp3) is 0.333. The molecular weight excluding hydrogens is 356 g/mol. The standard InChI is InChI=1S/C21H24N4O3/c1-15(22-13-10-16-7-5-6-12-23-16)20-24-18-9-4-3-8-17(18)21(27)25(20)14-11-19(26)28-2/h3-9,12,15,22H,10-11,13-14H2,1-2H3. The highest BCUT2D eigenvalue weighted by Gasteiger charge is 2.17. The van der Waals surface area contributed by atoms with Crippen molar-refractivity contribution in [1.82, 2.24) is 19.9 Å². The molecule has 0 saturated heterocycles. The average Bonchev–Trinajstić information content (AvgIpc) is 2.73. The Morgan fingerprint density at radius 2 is 2.00 bits per heavy atom. The van der Waals surface area contributed by atoms with Gasteiger partial charge in [0.25, 0.3) is 5.56 Å². The van der Waals surface area contributed by atoms with Crippen LogP contribution >= 0.6 is 0 Å². The van der Waals surface area contributed by atoms with Crippen LogP contribution in [0.5, 0.6) is 0 Å². The summed E-state index contributed by atoms with van der Waals surface area (Å²) in [5.41, 5.74) is 1.50. The van der Waals surface area contributed by atoms with Crippen LogP contribution in [0.3, 0.4) is 0 Å². The molecule has 2 heterocycles. The molecular formula is C21H24N4O3. The van der Waals surface area contributed by atoms with Crippen molar-refractivity contribution in [3.63, 3.8) is 0 Å². The van der Waals surface area contributed by atoms with Gasteiger partial charge < -0.3 is 10.1 Å². The van der Waals surface area contributed by atoms with Crippen molar-refractivity contribution in [2.45, 2.75) is 32.4 Å². The molecule has 1 N–H and O–H groups in total. The van der Waals surface area contributed by atoms with E-state index >= 15 is 0 Å². The van der Waals surface area contributed by atoms with E-state index in [1.165, 1.54) is 7.11 Å². The molecule has 0 aliphatic heterocycles. The number of methoxy groups -OCH3 is 1. The predicted octanol–water partition coefficient (Wildman–Crippen LogP) is 2.25. The smallest absolute Gasteiger partial charge is 0.307 e. The Kier molecular flexibility index (Phi) is 6.49. The van der Waals surface area contributed by atoms with Crippen molar-refractivity contribution in [1.29, 1.82) is 0 Å². The highest BCUT2D eigenvalue weighted by atomic mass is 16.5. The molecule has 0 amide bonds. The van der Waals surface area contributed by atoms with Gasteiger partial charge in [-0.25, -0.2) is 4.98 Å². The average molecular weight is 380 g/mol. The monoisotopic (exact) mass is 380 g/mol. The van der Waals surface area contributed by atoms with Crippen molar-refractivity contribution in [3.05, 3.63) is 70.5 Å². The van der Waals surface area contributed by atoms with Crippen molar-refractivity contribution in [2.24, 2.45) is 0 Å². The van der Waals surface area contributed by atoms with Gasteiger partial charge in [-0.05, 0) is 31.2 Å². The van der Waals surface area contributed by atoms with Crippen molar-refractivity contribution >= 4 is 16.9 Å². The second kappa shape index (κ2) is 9.23. The number of para-hydroxylation sites is 1. The first-order valence-electron chi connectivity index (χ1n) is 9.29. The normalized spacial score (nSPS) is 12.1. The van der Waals surface area contributed by atoms with Crippen LogP contribution in [-0.4, -0.2) is 34.2 Å². The molecule has 0 aliphatic carbocycles. The number of aromatic nitrogens is 3. The lowest BCUT2D eigenvalue weighted by atomic mass is 10.2.